The molecule has 0 aromatic carbocycles. The fourth-order valence-corrected chi connectivity index (χ4v) is 0.403. The van der Waals surface area contributed by atoms with Crippen molar-refractivity contribution in [2.24, 2.45) is 5.41 Å². The third-order valence-corrected chi connectivity index (χ3v) is 1.63. The van der Waals surface area contributed by atoms with Crippen molar-refractivity contribution >= 4 is 17.1 Å². The Morgan fingerprint density at radius 2 is 1.78 bits per heavy atom. The average Bonchev–Trinajstić information content (AvgIpc) is 1.64. The van der Waals surface area contributed by atoms with E-state index in [2.05, 4.69) is 32.6 Å². The molecule has 1 heteroatoms. The fourth-order valence-electron chi connectivity index (χ4n) is 0.301. The fraction of sp³-hybridized carbons (Fsp3) is 0.625. The van der Waals surface area contributed by atoms with Gasteiger partial charge in [0.25, 0.3) is 0 Å². The van der Waals surface area contributed by atoms with E-state index >= 15 is 0 Å². The molecule has 0 aliphatic heterocycles. The second kappa shape index (κ2) is 2.98. The first-order chi connectivity index (χ1) is 3.98. The van der Waals surface area contributed by atoms with Gasteiger partial charge in [-0.1, -0.05) is 38.9 Å². The van der Waals surface area contributed by atoms with Crippen molar-refractivity contribution in [2.45, 2.75) is 27.7 Å². The van der Waals surface area contributed by atoms with Crippen molar-refractivity contribution in [1.29, 1.82) is 0 Å². The second-order valence-corrected chi connectivity index (χ2v) is 3.36. The summed E-state index contributed by atoms with van der Waals surface area (Å²) >= 11 is 5.02. The van der Waals surface area contributed by atoms with Gasteiger partial charge in [0.1, 0.15) is 0 Å². The van der Waals surface area contributed by atoms with E-state index in [1.165, 1.54) is 0 Å². The summed E-state index contributed by atoms with van der Waals surface area (Å²) in [6, 6.07) is 0. The molecule has 0 saturated carbocycles. The van der Waals surface area contributed by atoms with Crippen LogP contribution in [0.5, 0.6) is 0 Å². The van der Waals surface area contributed by atoms with Gasteiger partial charge in [0.2, 0.25) is 0 Å². The number of hydrogen-bond donors (Lipinski definition) is 0. The Kier molecular flexibility index (Phi) is 2.87. The Balaban J connectivity index is 4.17. The molecule has 0 heterocycles. The standard InChI is InChI=1S/C8H12S/c1-5-6-7(9)8(2,3)4/h1-4H3. The highest BCUT2D eigenvalue weighted by Gasteiger charge is 2.13. The van der Waals surface area contributed by atoms with E-state index in [0.29, 0.717) is 0 Å². The minimum Gasteiger partial charge on any atom is -0.101 e. The molecule has 0 saturated heterocycles. The van der Waals surface area contributed by atoms with Gasteiger partial charge in [-0.25, -0.2) is 0 Å². The van der Waals surface area contributed by atoms with Crippen molar-refractivity contribution in [3.05, 3.63) is 0 Å². The lowest BCUT2D eigenvalue weighted by Gasteiger charge is -2.14. The molecule has 0 radical (unpaired) electrons. The molecule has 0 bridgehead atoms. The lowest BCUT2D eigenvalue weighted by atomic mass is 9.92. The van der Waals surface area contributed by atoms with Crippen molar-refractivity contribution in [3.8, 4) is 11.8 Å². The van der Waals surface area contributed by atoms with Gasteiger partial charge in [-0.3, -0.25) is 0 Å². The van der Waals surface area contributed by atoms with Gasteiger partial charge in [-0.15, -0.1) is 5.92 Å². The van der Waals surface area contributed by atoms with Crippen LogP contribution in [0.15, 0.2) is 0 Å². The SMILES string of the molecule is CC#CC(=S)C(C)(C)C. The number of hydrogen-bond acceptors (Lipinski definition) is 1. The normalized spacial score (nSPS) is 9.78. The van der Waals surface area contributed by atoms with Gasteiger partial charge < -0.3 is 0 Å². The van der Waals surface area contributed by atoms with Crippen LogP contribution >= 0.6 is 12.2 Å². The predicted octanol–water partition coefficient (Wildman–Crippen LogP) is 2.43. The van der Waals surface area contributed by atoms with E-state index in [4.69, 9.17) is 12.2 Å². The zero-order valence-corrected chi connectivity index (χ0v) is 7.22. The van der Waals surface area contributed by atoms with E-state index < -0.39 is 0 Å². The third kappa shape index (κ3) is 3.26. The van der Waals surface area contributed by atoms with E-state index in [-0.39, 0.29) is 5.41 Å². The molecule has 0 rings (SSSR count). The van der Waals surface area contributed by atoms with E-state index in [9.17, 15) is 0 Å². The molecule has 0 atom stereocenters. The predicted molar refractivity (Wildman–Crippen MR) is 45.5 cm³/mol. The molecule has 0 aliphatic rings. The minimum absolute atomic E-state index is 0.0678. The Labute approximate surface area is 62.7 Å². The number of rotatable bonds is 0. The minimum atomic E-state index is 0.0678. The maximum atomic E-state index is 5.02. The van der Waals surface area contributed by atoms with Crippen LogP contribution in [0.2, 0.25) is 0 Å². The van der Waals surface area contributed by atoms with Crippen LogP contribution in [0.3, 0.4) is 0 Å². The Hall–Kier alpha value is -0.350. The van der Waals surface area contributed by atoms with Crippen LogP contribution in [0.1, 0.15) is 27.7 Å². The summed E-state index contributed by atoms with van der Waals surface area (Å²) in [5, 5.41) is 0. The molecule has 0 spiro atoms. The highest BCUT2D eigenvalue weighted by Crippen LogP contribution is 2.14. The first-order valence-electron chi connectivity index (χ1n) is 2.95. The first-order valence-corrected chi connectivity index (χ1v) is 3.36. The lowest BCUT2D eigenvalue weighted by Crippen LogP contribution is -2.15. The molecule has 9 heavy (non-hydrogen) atoms. The summed E-state index contributed by atoms with van der Waals surface area (Å²) in [6.45, 7) is 8.01. The molecule has 0 aliphatic carbocycles. The molecular weight excluding hydrogens is 128 g/mol. The van der Waals surface area contributed by atoms with Crippen LogP contribution in [-0.2, 0) is 0 Å². The van der Waals surface area contributed by atoms with Gasteiger partial charge in [0.15, 0.2) is 0 Å². The van der Waals surface area contributed by atoms with Gasteiger partial charge in [0.05, 0.1) is 4.86 Å². The summed E-state index contributed by atoms with van der Waals surface area (Å²) in [4.78, 5) is 0.838. The summed E-state index contributed by atoms with van der Waals surface area (Å²) < 4.78 is 0. The average molecular weight is 140 g/mol. The number of thiocarbonyl (C=S) groups is 1. The van der Waals surface area contributed by atoms with Gasteiger partial charge in [0, 0.05) is 5.41 Å². The van der Waals surface area contributed by atoms with Gasteiger partial charge in [-0.2, -0.15) is 0 Å². The molecule has 0 nitrogen and oxygen atoms in total. The van der Waals surface area contributed by atoms with Gasteiger partial charge in [-0.05, 0) is 6.92 Å². The molecule has 0 N–H and O–H groups in total. The molecule has 0 aromatic rings. The smallest absolute Gasteiger partial charge is 0.0702 e. The van der Waals surface area contributed by atoms with E-state index in [1.54, 1.807) is 6.92 Å². The lowest BCUT2D eigenvalue weighted by molar-refractivity contribution is 0.605. The maximum absolute atomic E-state index is 5.02. The first kappa shape index (κ1) is 8.65. The molecule has 0 fully saturated rings. The summed E-state index contributed by atoms with van der Waals surface area (Å²) in [5.74, 6) is 5.65. The molecular formula is C8H12S. The Morgan fingerprint density at radius 1 is 1.33 bits per heavy atom. The highest BCUT2D eigenvalue weighted by atomic mass is 32.1. The molecule has 0 aromatic heterocycles. The zero-order valence-electron chi connectivity index (χ0n) is 6.41. The van der Waals surface area contributed by atoms with Crippen LogP contribution in [0.25, 0.3) is 0 Å². The summed E-state index contributed by atoms with van der Waals surface area (Å²) in [5.41, 5.74) is 0.0678. The quantitative estimate of drug-likeness (QED) is 0.368. The van der Waals surface area contributed by atoms with Crippen molar-refractivity contribution in [1.82, 2.24) is 0 Å². The monoisotopic (exact) mass is 140 g/mol. The molecule has 0 amide bonds. The topological polar surface area (TPSA) is 0 Å². The highest BCUT2D eigenvalue weighted by molar-refractivity contribution is 7.81. The van der Waals surface area contributed by atoms with E-state index in [1.807, 2.05) is 0 Å². The van der Waals surface area contributed by atoms with Gasteiger partial charge >= 0.3 is 0 Å². The second-order valence-electron chi connectivity index (χ2n) is 2.95. The largest absolute Gasteiger partial charge is 0.101 e. The van der Waals surface area contributed by atoms with Crippen LogP contribution < -0.4 is 0 Å². The molecule has 0 unspecified atom stereocenters. The van der Waals surface area contributed by atoms with Crippen molar-refractivity contribution in [3.63, 3.8) is 0 Å². The van der Waals surface area contributed by atoms with Crippen LogP contribution in [0, 0.1) is 17.3 Å². The van der Waals surface area contributed by atoms with Crippen LogP contribution in [0.4, 0.5) is 0 Å². The third-order valence-electron chi connectivity index (χ3n) is 0.920. The van der Waals surface area contributed by atoms with Crippen molar-refractivity contribution in [2.75, 3.05) is 0 Å². The summed E-state index contributed by atoms with van der Waals surface area (Å²) in [6.07, 6.45) is 0. The molecule has 50 valence electrons. The summed E-state index contributed by atoms with van der Waals surface area (Å²) in [7, 11) is 0. The van der Waals surface area contributed by atoms with Crippen LogP contribution in [-0.4, -0.2) is 4.86 Å². The Morgan fingerprint density at radius 3 is 1.89 bits per heavy atom. The Bertz CT molecular complexity index is 161. The zero-order chi connectivity index (χ0) is 7.49. The van der Waals surface area contributed by atoms with E-state index in [0.717, 1.165) is 4.86 Å². The maximum Gasteiger partial charge on any atom is 0.0702 e. The van der Waals surface area contributed by atoms with Crippen molar-refractivity contribution < 1.29 is 0 Å².